The van der Waals surface area contributed by atoms with E-state index in [1.165, 1.54) is 16.9 Å². The Morgan fingerprint density at radius 1 is 1.28 bits per heavy atom. The van der Waals surface area contributed by atoms with Gasteiger partial charge in [0.15, 0.2) is 0 Å². The predicted molar refractivity (Wildman–Crippen MR) is 101 cm³/mol. The van der Waals surface area contributed by atoms with Crippen molar-refractivity contribution in [2.75, 3.05) is 12.0 Å². The molecule has 2 N–H and O–H groups in total. The lowest BCUT2D eigenvalue weighted by molar-refractivity contribution is -0.120. The quantitative estimate of drug-likeness (QED) is 0.576. The number of anilines is 1. The summed E-state index contributed by atoms with van der Waals surface area (Å²) in [6, 6.07) is 8.20. The topological polar surface area (TPSA) is 74.2 Å². The zero-order chi connectivity index (χ0) is 18.4. The molecule has 1 heterocycles. The molecule has 1 aromatic carbocycles. The molecule has 0 aliphatic heterocycles. The summed E-state index contributed by atoms with van der Waals surface area (Å²) in [4.78, 5) is 13.0. The Morgan fingerprint density at radius 3 is 2.72 bits per heavy atom. The third-order valence-electron chi connectivity index (χ3n) is 3.95. The van der Waals surface area contributed by atoms with Crippen LogP contribution in [0.4, 0.5) is 5.00 Å². The van der Waals surface area contributed by atoms with Crippen LogP contribution in [0.25, 0.3) is 0 Å². The van der Waals surface area contributed by atoms with Gasteiger partial charge in [0.25, 0.3) is 0 Å². The fourth-order valence-corrected chi connectivity index (χ4v) is 3.38. The molecule has 0 fully saturated rings. The number of rotatable bonds is 7. The summed E-state index contributed by atoms with van der Waals surface area (Å²) in [7, 11) is 0. The van der Waals surface area contributed by atoms with Gasteiger partial charge in [0.2, 0.25) is 5.91 Å². The largest absolute Gasteiger partial charge is 0.493 e. The van der Waals surface area contributed by atoms with Gasteiger partial charge in [0.05, 0.1) is 12.2 Å². The second-order valence-corrected chi connectivity index (χ2v) is 7.22. The van der Waals surface area contributed by atoms with E-state index < -0.39 is 0 Å². The van der Waals surface area contributed by atoms with Gasteiger partial charge < -0.3 is 4.74 Å². The van der Waals surface area contributed by atoms with E-state index in [1.54, 1.807) is 0 Å². The van der Waals surface area contributed by atoms with Gasteiger partial charge in [0, 0.05) is 11.3 Å². The van der Waals surface area contributed by atoms with Crippen molar-refractivity contribution < 1.29 is 9.53 Å². The number of hydrazine groups is 1. The van der Waals surface area contributed by atoms with Crippen molar-refractivity contribution in [2.45, 2.75) is 40.5 Å². The van der Waals surface area contributed by atoms with Crippen molar-refractivity contribution in [1.29, 1.82) is 5.26 Å². The number of nitriles is 1. The number of carbonyl (C=O) groups is 1. The van der Waals surface area contributed by atoms with E-state index in [9.17, 15) is 10.1 Å². The van der Waals surface area contributed by atoms with Crippen molar-refractivity contribution in [1.82, 2.24) is 5.43 Å². The van der Waals surface area contributed by atoms with E-state index in [0.29, 0.717) is 30.0 Å². The summed E-state index contributed by atoms with van der Waals surface area (Å²) in [6.07, 6.45) is 0.970. The van der Waals surface area contributed by atoms with Crippen LogP contribution in [0, 0.1) is 39.0 Å². The first kappa shape index (κ1) is 18.8. The molecule has 0 spiro atoms. The summed E-state index contributed by atoms with van der Waals surface area (Å²) < 4.78 is 5.72. The zero-order valence-corrected chi connectivity index (χ0v) is 15.8. The van der Waals surface area contributed by atoms with Crippen LogP contribution in [-0.2, 0) is 4.79 Å². The van der Waals surface area contributed by atoms with Crippen LogP contribution in [0.2, 0.25) is 0 Å². The van der Waals surface area contributed by atoms with Crippen LogP contribution in [0.3, 0.4) is 0 Å². The highest BCUT2D eigenvalue weighted by atomic mass is 32.1. The van der Waals surface area contributed by atoms with Gasteiger partial charge in [-0.15, -0.1) is 11.3 Å². The molecule has 1 aromatic heterocycles. The van der Waals surface area contributed by atoms with Gasteiger partial charge in [-0.25, -0.2) is 0 Å². The molecule has 2 rings (SSSR count). The standard InChI is InChI=1S/C19H23N3O2S/c1-12-7-8-17(13(2)10-12)24-9-5-6-18(23)21-22-19-16(11-20)14(3)15(4)25-19/h7-8,10,22H,5-6,9H2,1-4H3,(H,21,23). The first-order valence-corrected chi connectivity index (χ1v) is 8.99. The van der Waals surface area contributed by atoms with Crippen LogP contribution >= 0.6 is 11.3 Å². The molecule has 0 atom stereocenters. The molecule has 0 aliphatic carbocycles. The van der Waals surface area contributed by atoms with Crippen molar-refractivity contribution in [3.8, 4) is 11.8 Å². The number of carbonyl (C=O) groups excluding carboxylic acids is 1. The third-order valence-corrected chi connectivity index (χ3v) is 5.07. The molecule has 0 saturated carbocycles. The fraction of sp³-hybridized carbons (Fsp3) is 0.368. The Labute approximate surface area is 152 Å². The molecule has 0 bridgehead atoms. The maximum Gasteiger partial charge on any atom is 0.238 e. The Hall–Kier alpha value is -2.52. The van der Waals surface area contributed by atoms with Gasteiger partial charge in [0.1, 0.15) is 16.8 Å². The minimum atomic E-state index is -0.128. The first-order valence-electron chi connectivity index (χ1n) is 8.17. The first-order chi connectivity index (χ1) is 11.9. The maximum absolute atomic E-state index is 11.9. The smallest absolute Gasteiger partial charge is 0.238 e. The monoisotopic (exact) mass is 357 g/mol. The molecule has 0 unspecified atom stereocenters. The normalized spacial score (nSPS) is 10.2. The molecule has 0 saturated heterocycles. The average Bonchev–Trinajstić information content (AvgIpc) is 2.85. The number of nitrogens with one attached hydrogen (secondary N) is 2. The van der Waals surface area contributed by atoms with Crippen molar-refractivity contribution in [3.05, 3.63) is 45.3 Å². The van der Waals surface area contributed by atoms with Crippen molar-refractivity contribution in [2.24, 2.45) is 0 Å². The Morgan fingerprint density at radius 2 is 2.04 bits per heavy atom. The molecule has 5 nitrogen and oxygen atoms in total. The van der Waals surface area contributed by atoms with E-state index in [1.807, 2.05) is 39.8 Å². The highest BCUT2D eigenvalue weighted by Gasteiger charge is 2.12. The number of nitrogens with zero attached hydrogens (tertiary/aromatic N) is 1. The summed E-state index contributed by atoms with van der Waals surface area (Å²) in [5.74, 6) is 0.726. The van der Waals surface area contributed by atoms with Crippen LogP contribution in [0.5, 0.6) is 5.75 Å². The Bertz CT molecular complexity index is 806. The molecule has 2 aromatic rings. The molecular weight excluding hydrogens is 334 g/mol. The zero-order valence-electron chi connectivity index (χ0n) is 15.0. The highest BCUT2D eigenvalue weighted by molar-refractivity contribution is 7.16. The molecule has 25 heavy (non-hydrogen) atoms. The number of hydrogen-bond donors (Lipinski definition) is 2. The number of aryl methyl sites for hydroxylation is 3. The summed E-state index contributed by atoms with van der Waals surface area (Å²) >= 11 is 1.46. The lowest BCUT2D eigenvalue weighted by Gasteiger charge is -2.10. The predicted octanol–water partition coefficient (Wildman–Crippen LogP) is 4.16. The van der Waals surface area contributed by atoms with Crippen molar-refractivity contribution >= 4 is 22.2 Å². The number of ether oxygens (including phenoxy) is 1. The average molecular weight is 357 g/mol. The second-order valence-electron chi connectivity index (χ2n) is 5.99. The number of benzene rings is 1. The molecule has 132 valence electrons. The van der Waals surface area contributed by atoms with E-state index in [0.717, 1.165) is 21.8 Å². The number of thiophene rings is 1. The summed E-state index contributed by atoms with van der Waals surface area (Å²) in [5.41, 5.74) is 9.33. The van der Waals surface area contributed by atoms with E-state index in [-0.39, 0.29) is 5.91 Å². The van der Waals surface area contributed by atoms with Crippen LogP contribution in [0.1, 0.15) is 40.0 Å². The van der Waals surface area contributed by atoms with Gasteiger partial charge in [-0.2, -0.15) is 5.26 Å². The second kappa shape index (κ2) is 8.54. The van der Waals surface area contributed by atoms with Gasteiger partial charge in [-0.05, 0) is 51.3 Å². The Kier molecular flexibility index (Phi) is 6.43. The van der Waals surface area contributed by atoms with Crippen LogP contribution in [-0.4, -0.2) is 12.5 Å². The SMILES string of the molecule is Cc1ccc(OCCCC(=O)NNc2sc(C)c(C)c2C#N)c(C)c1. The molecule has 0 aliphatic rings. The van der Waals surface area contributed by atoms with E-state index in [4.69, 9.17) is 4.74 Å². The minimum Gasteiger partial charge on any atom is -0.493 e. The third kappa shape index (κ3) is 4.97. The lowest BCUT2D eigenvalue weighted by Crippen LogP contribution is -2.29. The number of hydrogen-bond acceptors (Lipinski definition) is 5. The van der Waals surface area contributed by atoms with Crippen molar-refractivity contribution in [3.63, 3.8) is 0 Å². The van der Waals surface area contributed by atoms with Gasteiger partial charge >= 0.3 is 0 Å². The molecule has 1 amide bonds. The molecule has 6 heteroatoms. The maximum atomic E-state index is 11.9. The molecular formula is C19H23N3O2S. The van der Waals surface area contributed by atoms with Crippen LogP contribution < -0.4 is 15.6 Å². The van der Waals surface area contributed by atoms with Gasteiger partial charge in [-0.1, -0.05) is 17.7 Å². The molecule has 0 radical (unpaired) electrons. The van der Waals surface area contributed by atoms with Crippen LogP contribution in [0.15, 0.2) is 18.2 Å². The number of amides is 1. The summed E-state index contributed by atoms with van der Waals surface area (Å²) in [5, 5.41) is 9.86. The fourth-order valence-electron chi connectivity index (χ4n) is 2.41. The van der Waals surface area contributed by atoms with Gasteiger partial charge in [-0.3, -0.25) is 15.6 Å². The Balaban J connectivity index is 1.74. The van der Waals surface area contributed by atoms with E-state index >= 15 is 0 Å². The lowest BCUT2D eigenvalue weighted by atomic mass is 10.1. The highest BCUT2D eigenvalue weighted by Crippen LogP contribution is 2.30. The minimum absolute atomic E-state index is 0.128. The van der Waals surface area contributed by atoms with E-state index in [2.05, 4.69) is 23.0 Å². The summed E-state index contributed by atoms with van der Waals surface area (Å²) in [6.45, 7) is 8.40.